The molecule has 0 atom stereocenters. The first-order valence-electron chi connectivity index (χ1n) is 6.64. The summed E-state index contributed by atoms with van der Waals surface area (Å²) < 4.78 is 21.0. The molecule has 1 heterocycles. The number of hydrogen-bond acceptors (Lipinski definition) is 6. The van der Waals surface area contributed by atoms with Gasteiger partial charge in [-0.15, -0.1) is 0 Å². The van der Waals surface area contributed by atoms with Crippen molar-refractivity contribution in [2.45, 2.75) is 13.5 Å². The van der Waals surface area contributed by atoms with Crippen LogP contribution < -0.4 is 9.47 Å². The molecule has 22 heavy (non-hydrogen) atoms. The van der Waals surface area contributed by atoms with E-state index in [2.05, 4.69) is 4.74 Å². The average Bonchev–Trinajstić information content (AvgIpc) is 3.01. The Kier molecular flexibility index (Phi) is 5.04. The number of carbonyl (C=O) groups is 1. The summed E-state index contributed by atoms with van der Waals surface area (Å²) >= 11 is 0. The summed E-state index contributed by atoms with van der Waals surface area (Å²) in [7, 11) is 1.30. The van der Waals surface area contributed by atoms with Crippen molar-refractivity contribution >= 4 is 5.97 Å². The second-order valence-corrected chi connectivity index (χ2v) is 4.24. The molecule has 2 rings (SSSR count). The van der Waals surface area contributed by atoms with Gasteiger partial charge in [-0.05, 0) is 25.1 Å². The maximum absolute atomic E-state index is 11.6. The van der Waals surface area contributed by atoms with Crippen LogP contribution >= 0.6 is 0 Å². The Balaban J connectivity index is 2.17. The van der Waals surface area contributed by atoms with Gasteiger partial charge in [0.2, 0.25) is 0 Å². The summed E-state index contributed by atoms with van der Waals surface area (Å²) in [5, 5.41) is 8.91. The fourth-order valence-electron chi connectivity index (χ4n) is 1.85. The molecule has 0 amide bonds. The molecule has 0 saturated carbocycles. The van der Waals surface area contributed by atoms with E-state index in [0.29, 0.717) is 35.0 Å². The number of benzene rings is 1. The zero-order chi connectivity index (χ0) is 15.9. The van der Waals surface area contributed by atoms with Gasteiger partial charge in [-0.3, -0.25) is 0 Å². The van der Waals surface area contributed by atoms with Crippen molar-refractivity contribution in [1.82, 2.24) is 0 Å². The van der Waals surface area contributed by atoms with E-state index in [9.17, 15) is 4.79 Å². The fraction of sp³-hybridized carbons (Fsp3) is 0.250. The zero-order valence-electron chi connectivity index (χ0n) is 12.3. The number of methoxy groups -OCH3 is 1. The second-order valence-electron chi connectivity index (χ2n) is 4.24. The smallest absolute Gasteiger partial charge is 0.341 e. The van der Waals surface area contributed by atoms with Crippen LogP contribution in [0.2, 0.25) is 0 Å². The van der Waals surface area contributed by atoms with E-state index >= 15 is 0 Å². The van der Waals surface area contributed by atoms with Crippen LogP contribution in [-0.4, -0.2) is 19.7 Å². The van der Waals surface area contributed by atoms with E-state index in [1.54, 1.807) is 18.2 Å². The number of hydrogen-bond donors (Lipinski definition) is 0. The number of nitriles is 1. The highest BCUT2D eigenvalue weighted by Gasteiger charge is 2.16. The van der Waals surface area contributed by atoms with Crippen molar-refractivity contribution in [3.63, 3.8) is 0 Å². The molecule has 1 aromatic carbocycles. The summed E-state index contributed by atoms with van der Waals surface area (Å²) in [4.78, 5) is 11.6. The third-order valence-corrected chi connectivity index (χ3v) is 2.88. The molecule has 0 bridgehead atoms. The molecule has 0 unspecified atom stereocenters. The van der Waals surface area contributed by atoms with Gasteiger partial charge in [0.15, 0.2) is 17.3 Å². The molecule has 0 aliphatic carbocycles. The van der Waals surface area contributed by atoms with E-state index in [0.717, 1.165) is 0 Å². The second kappa shape index (κ2) is 7.18. The van der Waals surface area contributed by atoms with Gasteiger partial charge in [0.25, 0.3) is 0 Å². The minimum absolute atomic E-state index is 0.0450. The van der Waals surface area contributed by atoms with Crippen LogP contribution in [0.1, 0.15) is 28.6 Å². The number of nitrogens with zero attached hydrogens (tertiary/aromatic N) is 1. The molecule has 0 saturated heterocycles. The van der Waals surface area contributed by atoms with Crippen molar-refractivity contribution in [2.75, 3.05) is 13.7 Å². The maximum Gasteiger partial charge on any atom is 0.341 e. The largest absolute Gasteiger partial charge is 0.490 e. The Morgan fingerprint density at radius 2 is 2.09 bits per heavy atom. The van der Waals surface area contributed by atoms with Gasteiger partial charge in [0.1, 0.15) is 12.2 Å². The van der Waals surface area contributed by atoms with E-state index in [4.69, 9.17) is 19.2 Å². The van der Waals surface area contributed by atoms with Gasteiger partial charge < -0.3 is 18.6 Å². The van der Waals surface area contributed by atoms with E-state index in [1.807, 2.05) is 13.0 Å². The highest BCUT2D eigenvalue weighted by atomic mass is 16.5. The minimum Gasteiger partial charge on any atom is -0.490 e. The summed E-state index contributed by atoms with van der Waals surface area (Å²) in [5.74, 6) is 0.802. The van der Waals surface area contributed by atoms with Crippen LogP contribution in [0.5, 0.6) is 11.5 Å². The molecule has 0 N–H and O–H groups in total. The van der Waals surface area contributed by atoms with Gasteiger partial charge in [0, 0.05) is 6.07 Å². The van der Waals surface area contributed by atoms with Crippen LogP contribution in [0.15, 0.2) is 34.9 Å². The fourth-order valence-corrected chi connectivity index (χ4v) is 1.85. The predicted octanol–water partition coefficient (Wildman–Crippen LogP) is 2.92. The molecule has 0 radical (unpaired) electrons. The number of esters is 1. The van der Waals surface area contributed by atoms with Crippen molar-refractivity contribution in [1.29, 1.82) is 5.26 Å². The summed E-state index contributed by atoms with van der Waals surface area (Å²) in [5.41, 5.74) is 0.790. The lowest BCUT2D eigenvalue weighted by Gasteiger charge is -2.11. The molecule has 0 fully saturated rings. The quantitative estimate of drug-likeness (QED) is 0.763. The van der Waals surface area contributed by atoms with E-state index in [-0.39, 0.29) is 6.61 Å². The number of ether oxygens (including phenoxy) is 3. The van der Waals surface area contributed by atoms with Gasteiger partial charge in [-0.2, -0.15) is 5.26 Å². The van der Waals surface area contributed by atoms with Crippen LogP contribution in [0.4, 0.5) is 0 Å². The first kappa shape index (κ1) is 15.4. The molecule has 0 aliphatic rings. The molecule has 2 aromatic rings. The topological polar surface area (TPSA) is 81.7 Å². The first-order valence-corrected chi connectivity index (χ1v) is 6.64. The number of carbonyl (C=O) groups excluding carboxylic acids is 1. The molecule has 6 nitrogen and oxygen atoms in total. The van der Waals surface area contributed by atoms with Crippen LogP contribution in [0.25, 0.3) is 0 Å². The van der Waals surface area contributed by atoms with Crippen molar-refractivity contribution in [2.24, 2.45) is 0 Å². The molecule has 0 aliphatic heterocycles. The SMILES string of the molecule is CCOc1cc(C#N)ccc1OCc1occc1C(=O)OC. The lowest BCUT2D eigenvalue weighted by atomic mass is 10.2. The molecule has 1 aromatic heterocycles. The Morgan fingerprint density at radius 3 is 2.77 bits per heavy atom. The predicted molar refractivity (Wildman–Crippen MR) is 76.7 cm³/mol. The van der Waals surface area contributed by atoms with Crippen LogP contribution in [0, 0.1) is 11.3 Å². The summed E-state index contributed by atoms with van der Waals surface area (Å²) in [6.07, 6.45) is 1.40. The first-order chi connectivity index (χ1) is 10.7. The third-order valence-electron chi connectivity index (χ3n) is 2.88. The van der Waals surface area contributed by atoms with Crippen molar-refractivity contribution < 1.29 is 23.4 Å². The highest BCUT2D eigenvalue weighted by molar-refractivity contribution is 5.90. The molecule has 0 spiro atoms. The van der Waals surface area contributed by atoms with E-state index < -0.39 is 5.97 Å². The Bertz CT molecular complexity index is 699. The van der Waals surface area contributed by atoms with E-state index in [1.165, 1.54) is 19.4 Å². The lowest BCUT2D eigenvalue weighted by molar-refractivity contribution is 0.0595. The molecule has 6 heteroatoms. The monoisotopic (exact) mass is 301 g/mol. The number of rotatable bonds is 6. The summed E-state index contributed by atoms with van der Waals surface area (Å²) in [6, 6.07) is 8.43. The molecular formula is C16H15NO5. The van der Waals surface area contributed by atoms with Gasteiger partial charge >= 0.3 is 5.97 Å². The van der Waals surface area contributed by atoms with Gasteiger partial charge in [-0.25, -0.2) is 4.79 Å². The Morgan fingerprint density at radius 1 is 1.27 bits per heavy atom. The minimum atomic E-state index is -0.489. The maximum atomic E-state index is 11.6. The lowest BCUT2D eigenvalue weighted by Crippen LogP contribution is -2.06. The molecular weight excluding hydrogens is 286 g/mol. The average molecular weight is 301 g/mol. The zero-order valence-corrected chi connectivity index (χ0v) is 12.3. The summed E-state index contributed by atoms with van der Waals surface area (Å²) in [6.45, 7) is 2.33. The van der Waals surface area contributed by atoms with Gasteiger partial charge in [0.05, 0.1) is 31.6 Å². The van der Waals surface area contributed by atoms with Gasteiger partial charge in [-0.1, -0.05) is 0 Å². The Labute approximate surface area is 127 Å². The standard InChI is InChI=1S/C16H15NO5/c1-3-20-14-8-11(9-17)4-5-13(14)22-10-15-12(6-7-21-15)16(18)19-2/h4-8H,3,10H2,1-2H3. The highest BCUT2D eigenvalue weighted by Crippen LogP contribution is 2.29. The van der Waals surface area contributed by atoms with Crippen LogP contribution in [-0.2, 0) is 11.3 Å². The van der Waals surface area contributed by atoms with Crippen molar-refractivity contribution in [3.8, 4) is 17.6 Å². The van der Waals surface area contributed by atoms with Crippen molar-refractivity contribution in [3.05, 3.63) is 47.4 Å². The Hall–Kier alpha value is -2.94. The number of furan rings is 1. The normalized spacial score (nSPS) is 9.86. The molecule has 114 valence electrons. The van der Waals surface area contributed by atoms with Crippen LogP contribution in [0.3, 0.4) is 0 Å². The third kappa shape index (κ3) is 3.38.